The molecule has 5 heteroatoms. The van der Waals surface area contributed by atoms with E-state index >= 15 is 0 Å². The molecule has 1 amide bonds. The van der Waals surface area contributed by atoms with Gasteiger partial charge in [0.1, 0.15) is 11.6 Å². The highest BCUT2D eigenvalue weighted by atomic mass is 16.5. The van der Waals surface area contributed by atoms with Crippen molar-refractivity contribution in [1.29, 1.82) is 0 Å². The minimum absolute atomic E-state index is 0.177. The molecule has 3 aromatic rings. The van der Waals surface area contributed by atoms with E-state index in [1.165, 1.54) is 0 Å². The van der Waals surface area contributed by atoms with E-state index in [4.69, 9.17) is 4.74 Å². The predicted octanol–water partition coefficient (Wildman–Crippen LogP) is 4.00. The van der Waals surface area contributed by atoms with E-state index in [0.717, 1.165) is 35.8 Å². The molecule has 0 aliphatic heterocycles. The van der Waals surface area contributed by atoms with E-state index in [9.17, 15) is 4.79 Å². The minimum atomic E-state index is -0.177. The van der Waals surface area contributed by atoms with Crippen LogP contribution in [0.15, 0.2) is 72.9 Å². The summed E-state index contributed by atoms with van der Waals surface area (Å²) in [6.07, 6.45) is 2.39. The summed E-state index contributed by atoms with van der Waals surface area (Å²) in [7, 11) is 1.67. The summed E-state index contributed by atoms with van der Waals surface area (Å²) in [6.45, 7) is 0.725. The topological polar surface area (TPSA) is 63.2 Å². The van der Waals surface area contributed by atoms with Gasteiger partial charge in [0.15, 0.2) is 0 Å². The highest BCUT2D eigenvalue weighted by Gasteiger charge is 2.07. The van der Waals surface area contributed by atoms with Crippen molar-refractivity contribution < 1.29 is 9.53 Å². The van der Waals surface area contributed by atoms with Crippen molar-refractivity contribution in [2.75, 3.05) is 24.3 Å². The first-order valence-corrected chi connectivity index (χ1v) is 8.44. The van der Waals surface area contributed by atoms with Crippen molar-refractivity contribution in [1.82, 2.24) is 4.98 Å². The first kappa shape index (κ1) is 17.5. The van der Waals surface area contributed by atoms with Crippen LogP contribution in [0.3, 0.4) is 0 Å². The smallest absolute Gasteiger partial charge is 0.257 e. The Morgan fingerprint density at radius 2 is 1.77 bits per heavy atom. The second-order valence-corrected chi connectivity index (χ2v) is 5.74. The number of benzene rings is 2. The van der Waals surface area contributed by atoms with Gasteiger partial charge < -0.3 is 15.4 Å². The second-order valence-electron chi connectivity index (χ2n) is 5.74. The van der Waals surface area contributed by atoms with Crippen LogP contribution in [-0.4, -0.2) is 24.5 Å². The zero-order valence-corrected chi connectivity index (χ0v) is 14.6. The van der Waals surface area contributed by atoms with Crippen LogP contribution in [0.1, 0.15) is 15.9 Å². The SMILES string of the molecule is COc1ccccc1CCNc1ccc(C(=O)Nc2ccccc2)cn1. The molecule has 132 valence electrons. The Bertz CT molecular complexity index is 849. The quantitative estimate of drug-likeness (QED) is 0.678. The Labute approximate surface area is 153 Å². The summed E-state index contributed by atoms with van der Waals surface area (Å²) in [6, 6.07) is 20.9. The van der Waals surface area contributed by atoms with Gasteiger partial charge in [0.2, 0.25) is 0 Å². The molecule has 0 atom stereocenters. The average molecular weight is 347 g/mol. The fraction of sp³-hybridized carbons (Fsp3) is 0.143. The van der Waals surface area contributed by atoms with Crippen molar-refractivity contribution >= 4 is 17.4 Å². The van der Waals surface area contributed by atoms with Gasteiger partial charge in [0.25, 0.3) is 5.91 Å². The maximum Gasteiger partial charge on any atom is 0.257 e. The Morgan fingerprint density at radius 1 is 1.00 bits per heavy atom. The van der Waals surface area contributed by atoms with Gasteiger partial charge in [-0.25, -0.2) is 4.98 Å². The number of pyridine rings is 1. The van der Waals surface area contributed by atoms with Crippen LogP contribution in [0.25, 0.3) is 0 Å². The van der Waals surface area contributed by atoms with Gasteiger partial charge in [0.05, 0.1) is 12.7 Å². The lowest BCUT2D eigenvalue weighted by atomic mass is 10.1. The highest BCUT2D eigenvalue weighted by molar-refractivity contribution is 6.04. The fourth-order valence-corrected chi connectivity index (χ4v) is 2.59. The number of nitrogens with one attached hydrogen (secondary N) is 2. The minimum Gasteiger partial charge on any atom is -0.496 e. The van der Waals surface area contributed by atoms with E-state index < -0.39 is 0 Å². The molecule has 0 aliphatic rings. The predicted molar refractivity (Wildman–Crippen MR) is 104 cm³/mol. The molecule has 0 bridgehead atoms. The van der Waals surface area contributed by atoms with E-state index in [0.29, 0.717) is 5.56 Å². The number of anilines is 2. The molecule has 0 radical (unpaired) electrons. The van der Waals surface area contributed by atoms with Gasteiger partial charge >= 0.3 is 0 Å². The Morgan fingerprint density at radius 3 is 2.50 bits per heavy atom. The standard InChI is InChI=1S/C21H21N3O2/c1-26-19-10-6-5-7-16(19)13-14-22-20-12-11-17(15-23-20)21(25)24-18-8-3-2-4-9-18/h2-12,15H,13-14H2,1H3,(H,22,23)(H,24,25). The first-order chi connectivity index (χ1) is 12.8. The lowest BCUT2D eigenvalue weighted by Gasteiger charge is -2.10. The number of nitrogens with zero attached hydrogens (tertiary/aromatic N) is 1. The number of hydrogen-bond donors (Lipinski definition) is 2. The zero-order valence-electron chi connectivity index (χ0n) is 14.6. The molecule has 3 rings (SSSR count). The summed E-state index contributed by atoms with van der Waals surface area (Å²) >= 11 is 0. The maximum absolute atomic E-state index is 12.2. The van der Waals surface area contributed by atoms with Crippen molar-refractivity contribution in [3.05, 3.63) is 84.1 Å². The molecule has 0 saturated carbocycles. The summed E-state index contributed by atoms with van der Waals surface area (Å²) < 4.78 is 5.35. The lowest BCUT2D eigenvalue weighted by molar-refractivity contribution is 0.102. The molecule has 2 N–H and O–H groups in total. The second kappa shape index (κ2) is 8.67. The normalized spacial score (nSPS) is 10.2. The van der Waals surface area contributed by atoms with Crippen LogP contribution in [0.4, 0.5) is 11.5 Å². The number of rotatable bonds is 7. The number of amides is 1. The molecular formula is C21H21N3O2. The lowest BCUT2D eigenvalue weighted by Crippen LogP contribution is -2.13. The summed E-state index contributed by atoms with van der Waals surface area (Å²) in [5.41, 5.74) is 2.42. The molecule has 2 aromatic carbocycles. The van der Waals surface area contributed by atoms with Crippen LogP contribution in [-0.2, 0) is 6.42 Å². The van der Waals surface area contributed by atoms with Crippen LogP contribution in [0.5, 0.6) is 5.75 Å². The van der Waals surface area contributed by atoms with E-state index in [2.05, 4.69) is 15.6 Å². The largest absolute Gasteiger partial charge is 0.496 e. The number of para-hydroxylation sites is 2. The van der Waals surface area contributed by atoms with Crippen molar-refractivity contribution in [2.45, 2.75) is 6.42 Å². The number of ether oxygens (including phenoxy) is 1. The molecule has 5 nitrogen and oxygen atoms in total. The third kappa shape index (κ3) is 4.60. The first-order valence-electron chi connectivity index (χ1n) is 8.44. The van der Waals surface area contributed by atoms with E-state index in [-0.39, 0.29) is 5.91 Å². The number of carbonyl (C=O) groups is 1. The van der Waals surface area contributed by atoms with Gasteiger partial charge in [-0.15, -0.1) is 0 Å². The van der Waals surface area contributed by atoms with Crippen LogP contribution < -0.4 is 15.4 Å². The molecule has 0 spiro atoms. The summed E-state index contributed by atoms with van der Waals surface area (Å²) in [4.78, 5) is 16.5. The molecule has 1 aromatic heterocycles. The van der Waals surface area contributed by atoms with Gasteiger partial charge in [-0.1, -0.05) is 36.4 Å². The van der Waals surface area contributed by atoms with E-state index in [1.54, 1.807) is 19.4 Å². The third-order valence-electron chi connectivity index (χ3n) is 3.95. The van der Waals surface area contributed by atoms with Crippen molar-refractivity contribution in [2.24, 2.45) is 0 Å². The van der Waals surface area contributed by atoms with Gasteiger partial charge in [-0.05, 0) is 42.3 Å². The van der Waals surface area contributed by atoms with Crippen LogP contribution in [0.2, 0.25) is 0 Å². The van der Waals surface area contributed by atoms with Gasteiger partial charge in [0, 0.05) is 18.4 Å². The molecule has 0 saturated heterocycles. The molecular weight excluding hydrogens is 326 g/mol. The Hall–Kier alpha value is -3.34. The highest BCUT2D eigenvalue weighted by Crippen LogP contribution is 2.18. The monoisotopic (exact) mass is 347 g/mol. The molecule has 1 heterocycles. The van der Waals surface area contributed by atoms with E-state index in [1.807, 2.05) is 60.7 Å². The number of methoxy groups -OCH3 is 1. The van der Waals surface area contributed by atoms with Gasteiger partial charge in [-0.2, -0.15) is 0 Å². The Kier molecular flexibility index (Phi) is 5.83. The molecule has 0 unspecified atom stereocenters. The van der Waals surface area contributed by atoms with Gasteiger partial charge in [-0.3, -0.25) is 4.79 Å². The molecule has 26 heavy (non-hydrogen) atoms. The number of hydrogen-bond acceptors (Lipinski definition) is 4. The number of aromatic nitrogens is 1. The maximum atomic E-state index is 12.2. The van der Waals surface area contributed by atoms with Crippen LogP contribution >= 0.6 is 0 Å². The number of carbonyl (C=O) groups excluding carboxylic acids is 1. The summed E-state index contributed by atoms with van der Waals surface area (Å²) in [5, 5.41) is 6.10. The zero-order chi connectivity index (χ0) is 18.2. The molecule has 0 fully saturated rings. The van der Waals surface area contributed by atoms with Crippen molar-refractivity contribution in [3.8, 4) is 5.75 Å². The molecule has 0 aliphatic carbocycles. The van der Waals surface area contributed by atoms with Crippen molar-refractivity contribution in [3.63, 3.8) is 0 Å². The summed E-state index contributed by atoms with van der Waals surface area (Å²) in [5.74, 6) is 1.44. The third-order valence-corrected chi connectivity index (χ3v) is 3.95. The Balaban J connectivity index is 1.53. The fourth-order valence-electron chi connectivity index (χ4n) is 2.59. The van der Waals surface area contributed by atoms with Crippen LogP contribution in [0, 0.1) is 0 Å². The average Bonchev–Trinajstić information content (AvgIpc) is 2.69.